The molecule has 2 aromatic heterocycles. The first kappa shape index (κ1) is 12.4. The minimum atomic E-state index is -0.527. The molecule has 3 heterocycles. The standard InChI is InChI=1S/C15H14FN3O2/c1-15(2)7-21-11-5-8(16)4-9-12(11)13-10(6-17-9)18(3)14(20)19(13)15/h4-6H,7H2,1-3H3. The Morgan fingerprint density at radius 1 is 1.38 bits per heavy atom. The molecule has 0 saturated carbocycles. The van der Waals surface area contributed by atoms with Crippen molar-refractivity contribution < 1.29 is 9.13 Å². The van der Waals surface area contributed by atoms with Gasteiger partial charge in [0.1, 0.15) is 18.2 Å². The van der Waals surface area contributed by atoms with Crippen LogP contribution in [-0.2, 0) is 12.6 Å². The number of imidazole rings is 1. The van der Waals surface area contributed by atoms with Crippen LogP contribution in [0.1, 0.15) is 13.8 Å². The second kappa shape index (κ2) is 3.63. The molecule has 1 aliphatic rings. The van der Waals surface area contributed by atoms with E-state index in [1.54, 1.807) is 22.4 Å². The van der Waals surface area contributed by atoms with Crippen LogP contribution < -0.4 is 10.4 Å². The number of hydrogen-bond acceptors (Lipinski definition) is 3. The average molecular weight is 287 g/mol. The number of ether oxygens (including phenoxy) is 1. The molecule has 0 N–H and O–H groups in total. The molecule has 0 unspecified atom stereocenters. The third-order valence-corrected chi connectivity index (χ3v) is 4.10. The van der Waals surface area contributed by atoms with Gasteiger partial charge >= 0.3 is 5.69 Å². The lowest BCUT2D eigenvalue weighted by atomic mass is 10.1. The highest BCUT2D eigenvalue weighted by atomic mass is 19.1. The SMILES string of the molecule is Cn1c(=O)n2c3c4c(cc(F)cc4ncc31)OCC2(C)C. The summed E-state index contributed by atoms with van der Waals surface area (Å²) in [6.45, 7) is 4.16. The second-order valence-corrected chi connectivity index (χ2v) is 6.07. The molecule has 0 bridgehead atoms. The van der Waals surface area contributed by atoms with Gasteiger partial charge in [-0.3, -0.25) is 14.1 Å². The predicted molar refractivity (Wildman–Crippen MR) is 77.3 cm³/mol. The number of nitrogens with zero attached hydrogens (tertiary/aromatic N) is 3. The number of aryl methyl sites for hydroxylation is 1. The topological polar surface area (TPSA) is 49.0 Å². The minimum absolute atomic E-state index is 0.120. The van der Waals surface area contributed by atoms with Gasteiger partial charge in [0.2, 0.25) is 0 Å². The number of pyridine rings is 1. The lowest BCUT2D eigenvalue weighted by molar-refractivity contribution is 0.189. The summed E-state index contributed by atoms with van der Waals surface area (Å²) < 4.78 is 22.8. The molecule has 0 aliphatic carbocycles. The van der Waals surface area contributed by atoms with E-state index in [4.69, 9.17) is 4.74 Å². The molecule has 6 heteroatoms. The first-order valence-electron chi connectivity index (χ1n) is 6.73. The maximum Gasteiger partial charge on any atom is 0.329 e. The largest absolute Gasteiger partial charge is 0.490 e. The van der Waals surface area contributed by atoms with Crippen molar-refractivity contribution in [3.63, 3.8) is 0 Å². The van der Waals surface area contributed by atoms with Gasteiger partial charge in [-0.2, -0.15) is 0 Å². The van der Waals surface area contributed by atoms with Gasteiger partial charge < -0.3 is 4.74 Å². The maximum atomic E-state index is 13.7. The van der Waals surface area contributed by atoms with Gasteiger partial charge in [-0.1, -0.05) is 0 Å². The van der Waals surface area contributed by atoms with E-state index in [0.717, 1.165) is 11.0 Å². The van der Waals surface area contributed by atoms with Crippen molar-refractivity contribution in [2.75, 3.05) is 6.61 Å². The zero-order valence-corrected chi connectivity index (χ0v) is 12.0. The summed E-state index contributed by atoms with van der Waals surface area (Å²) in [5.74, 6) is 0.0434. The van der Waals surface area contributed by atoms with Crippen molar-refractivity contribution in [1.29, 1.82) is 0 Å². The van der Waals surface area contributed by atoms with Gasteiger partial charge in [0.05, 0.1) is 33.7 Å². The Balaban J connectivity index is 2.37. The highest BCUT2D eigenvalue weighted by Gasteiger charge is 2.32. The van der Waals surface area contributed by atoms with Gasteiger partial charge in [-0.25, -0.2) is 9.18 Å². The Morgan fingerprint density at radius 3 is 2.90 bits per heavy atom. The zero-order valence-electron chi connectivity index (χ0n) is 12.0. The molecule has 0 fully saturated rings. The highest BCUT2D eigenvalue weighted by molar-refractivity contribution is 6.06. The van der Waals surface area contributed by atoms with Gasteiger partial charge in [-0.15, -0.1) is 0 Å². The predicted octanol–water partition coefficient (Wildman–Crippen LogP) is 2.15. The highest BCUT2D eigenvalue weighted by Crippen LogP contribution is 2.37. The van der Waals surface area contributed by atoms with Crippen molar-refractivity contribution in [2.24, 2.45) is 7.05 Å². The van der Waals surface area contributed by atoms with Crippen molar-refractivity contribution in [3.05, 3.63) is 34.6 Å². The number of halogens is 1. The van der Waals surface area contributed by atoms with Crippen LogP contribution in [0.2, 0.25) is 0 Å². The van der Waals surface area contributed by atoms with E-state index in [2.05, 4.69) is 4.98 Å². The lowest BCUT2D eigenvalue weighted by Gasteiger charge is -2.24. The van der Waals surface area contributed by atoms with Gasteiger partial charge in [0, 0.05) is 19.2 Å². The molecule has 3 aromatic rings. The lowest BCUT2D eigenvalue weighted by Crippen LogP contribution is -2.40. The molecule has 0 amide bonds. The Kier molecular flexibility index (Phi) is 2.14. The third-order valence-electron chi connectivity index (χ3n) is 4.10. The molecular formula is C15H14FN3O2. The summed E-state index contributed by atoms with van der Waals surface area (Å²) in [5.41, 5.74) is 1.32. The molecule has 0 spiro atoms. The van der Waals surface area contributed by atoms with Crippen LogP contribution in [0.5, 0.6) is 5.75 Å². The first-order valence-corrected chi connectivity index (χ1v) is 6.73. The summed E-state index contributed by atoms with van der Waals surface area (Å²) in [5, 5.41) is 0.692. The quantitative estimate of drug-likeness (QED) is 0.636. The van der Waals surface area contributed by atoms with Gasteiger partial charge in [-0.05, 0) is 13.8 Å². The molecule has 1 aromatic carbocycles. The number of rotatable bonds is 0. The molecule has 108 valence electrons. The van der Waals surface area contributed by atoms with E-state index in [0.29, 0.717) is 23.3 Å². The Labute approximate surface area is 119 Å². The van der Waals surface area contributed by atoms with Crippen molar-refractivity contribution in [3.8, 4) is 5.75 Å². The molecule has 5 nitrogen and oxygen atoms in total. The zero-order chi connectivity index (χ0) is 14.9. The Hall–Kier alpha value is -2.37. The molecule has 1 aliphatic heterocycles. The molecule has 0 radical (unpaired) electrons. The molecule has 4 rings (SSSR count). The van der Waals surface area contributed by atoms with E-state index in [-0.39, 0.29) is 5.69 Å². The summed E-state index contributed by atoms with van der Waals surface area (Å²) in [6.07, 6.45) is 1.61. The fourth-order valence-electron chi connectivity index (χ4n) is 3.04. The summed E-state index contributed by atoms with van der Waals surface area (Å²) in [7, 11) is 1.72. The summed E-state index contributed by atoms with van der Waals surface area (Å²) in [6, 6.07) is 2.72. The van der Waals surface area contributed by atoms with E-state index in [1.165, 1.54) is 12.1 Å². The number of benzene rings is 1. The first-order chi connectivity index (χ1) is 9.90. The van der Waals surface area contributed by atoms with Crippen LogP contribution in [-0.4, -0.2) is 20.7 Å². The molecule has 0 atom stereocenters. The Morgan fingerprint density at radius 2 is 2.14 bits per heavy atom. The van der Waals surface area contributed by atoms with E-state index in [9.17, 15) is 9.18 Å². The summed E-state index contributed by atoms with van der Waals surface area (Å²) >= 11 is 0. The van der Waals surface area contributed by atoms with Crippen LogP contribution in [0.3, 0.4) is 0 Å². The van der Waals surface area contributed by atoms with E-state index < -0.39 is 11.4 Å². The molecular weight excluding hydrogens is 273 g/mol. The van der Waals surface area contributed by atoms with E-state index >= 15 is 0 Å². The fraction of sp³-hybridized carbons (Fsp3) is 0.333. The second-order valence-electron chi connectivity index (χ2n) is 6.07. The molecule has 21 heavy (non-hydrogen) atoms. The van der Waals surface area contributed by atoms with Crippen molar-refractivity contribution >= 4 is 21.9 Å². The van der Waals surface area contributed by atoms with Crippen molar-refractivity contribution in [1.82, 2.24) is 14.1 Å². The van der Waals surface area contributed by atoms with Crippen LogP contribution >= 0.6 is 0 Å². The molecule has 0 saturated heterocycles. The minimum Gasteiger partial charge on any atom is -0.490 e. The number of hydrogen-bond donors (Lipinski definition) is 0. The average Bonchev–Trinajstić information content (AvgIpc) is 2.61. The van der Waals surface area contributed by atoms with Crippen LogP contribution in [0.15, 0.2) is 23.1 Å². The fourth-order valence-corrected chi connectivity index (χ4v) is 3.04. The van der Waals surface area contributed by atoms with Gasteiger partial charge in [0.15, 0.2) is 0 Å². The van der Waals surface area contributed by atoms with Crippen molar-refractivity contribution in [2.45, 2.75) is 19.4 Å². The van der Waals surface area contributed by atoms with Gasteiger partial charge in [0.25, 0.3) is 0 Å². The monoisotopic (exact) mass is 287 g/mol. The third kappa shape index (κ3) is 1.44. The Bertz CT molecular complexity index is 969. The van der Waals surface area contributed by atoms with Crippen LogP contribution in [0, 0.1) is 5.82 Å². The van der Waals surface area contributed by atoms with Crippen LogP contribution in [0.4, 0.5) is 4.39 Å². The summed E-state index contributed by atoms with van der Waals surface area (Å²) in [4.78, 5) is 16.9. The number of aromatic nitrogens is 3. The van der Waals surface area contributed by atoms with Crippen LogP contribution in [0.25, 0.3) is 21.9 Å². The normalized spacial score (nSPS) is 16.4. The smallest absolute Gasteiger partial charge is 0.329 e. The maximum absolute atomic E-state index is 13.7. The van der Waals surface area contributed by atoms with E-state index in [1.807, 2.05) is 13.8 Å².